The highest BCUT2D eigenvalue weighted by atomic mass is 32.2. The average Bonchev–Trinajstić information content (AvgIpc) is 2.88. The summed E-state index contributed by atoms with van der Waals surface area (Å²) < 4.78 is 0. The van der Waals surface area contributed by atoms with Gasteiger partial charge in [-0.2, -0.15) is 5.10 Å². The van der Waals surface area contributed by atoms with Gasteiger partial charge >= 0.3 is 5.97 Å². The SMILES string of the molecule is O=C(O)c1cc(-c2ccc3c(c2)SCCC3)n[nH]1. The molecule has 0 saturated heterocycles. The minimum Gasteiger partial charge on any atom is -0.477 e. The maximum atomic E-state index is 10.8. The number of H-pyrrole nitrogens is 1. The second-order valence-corrected chi connectivity index (χ2v) is 5.38. The summed E-state index contributed by atoms with van der Waals surface area (Å²) in [6, 6.07) is 7.79. The molecule has 2 heterocycles. The number of rotatable bonds is 2. The normalized spacial score (nSPS) is 14.2. The third-order valence-electron chi connectivity index (χ3n) is 3.02. The third-order valence-corrected chi connectivity index (χ3v) is 4.20. The maximum Gasteiger partial charge on any atom is 0.353 e. The Hall–Kier alpha value is -1.75. The van der Waals surface area contributed by atoms with Gasteiger partial charge < -0.3 is 5.11 Å². The van der Waals surface area contributed by atoms with Gasteiger partial charge in [-0.1, -0.05) is 12.1 Å². The lowest BCUT2D eigenvalue weighted by Crippen LogP contribution is -1.98. The minimum atomic E-state index is -0.985. The summed E-state index contributed by atoms with van der Waals surface area (Å²) in [5.74, 6) is 0.165. The predicted molar refractivity (Wildman–Crippen MR) is 70.0 cm³/mol. The summed E-state index contributed by atoms with van der Waals surface area (Å²) in [4.78, 5) is 12.1. The van der Waals surface area contributed by atoms with Crippen LogP contribution in [-0.2, 0) is 6.42 Å². The number of aromatic amines is 1. The number of nitrogens with one attached hydrogen (secondary N) is 1. The van der Waals surface area contributed by atoms with Crippen molar-refractivity contribution in [2.24, 2.45) is 0 Å². The monoisotopic (exact) mass is 260 g/mol. The summed E-state index contributed by atoms with van der Waals surface area (Å²) in [6.45, 7) is 0. The first-order chi connectivity index (χ1) is 8.74. The number of carbonyl (C=O) groups is 1. The van der Waals surface area contributed by atoms with E-state index in [1.165, 1.54) is 16.9 Å². The summed E-state index contributed by atoms with van der Waals surface area (Å²) in [7, 11) is 0. The van der Waals surface area contributed by atoms with Crippen LogP contribution < -0.4 is 0 Å². The van der Waals surface area contributed by atoms with Crippen molar-refractivity contribution in [3.63, 3.8) is 0 Å². The van der Waals surface area contributed by atoms with Gasteiger partial charge in [-0.05, 0) is 36.3 Å². The fourth-order valence-electron chi connectivity index (χ4n) is 2.08. The lowest BCUT2D eigenvalue weighted by molar-refractivity contribution is 0.0690. The van der Waals surface area contributed by atoms with Crippen molar-refractivity contribution in [2.75, 3.05) is 5.75 Å². The molecule has 5 heteroatoms. The van der Waals surface area contributed by atoms with Gasteiger partial charge in [0.1, 0.15) is 5.69 Å². The van der Waals surface area contributed by atoms with Crippen molar-refractivity contribution < 1.29 is 9.90 Å². The number of fused-ring (bicyclic) bond motifs is 1. The van der Waals surface area contributed by atoms with Crippen LogP contribution in [0.3, 0.4) is 0 Å². The lowest BCUT2D eigenvalue weighted by atomic mass is 10.1. The maximum absolute atomic E-state index is 10.8. The van der Waals surface area contributed by atoms with E-state index in [0.29, 0.717) is 5.69 Å². The molecule has 1 aliphatic heterocycles. The van der Waals surface area contributed by atoms with E-state index in [4.69, 9.17) is 5.11 Å². The number of nitrogens with zero attached hydrogens (tertiary/aromatic N) is 1. The molecule has 1 aliphatic rings. The molecule has 0 fully saturated rings. The Morgan fingerprint density at radius 2 is 2.28 bits per heavy atom. The summed E-state index contributed by atoms with van der Waals surface area (Å²) in [5, 5.41) is 15.4. The Kier molecular flexibility index (Phi) is 2.83. The Morgan fingerprint density at radius 3 is 3.06 bits per heavy atom. The zero-order valence-corrected chi connectivity index (χ0v) is 10.5. The molecule has 1 aromatic heterocycles. The van der Waals surface area contributed by atoms with Gasteiger partial charge in [-0.3, -0.25) is 5.10 Å². The summed E-state index contributed by atoms with van der Waals surface area (Å²) in [5.41, 5.74) is 3.15. The molecule has 0 radical (unpaired) electrons. The van der Waals surface area contributed by atoms with Gasteiger partial charge in [0, 0.05) is 10.5 Å². The Balaban J connectivity index is 1.98. The largest absolute Gasteiger partial charge is 0.477 e. The molecule has 0 unspecified atom stereocenters. The molecule has 0 aliphatic carbocycles. The Bertz CT molecular complexity index is 607. The second kappa shape index (κ2) is 4.49. The summed E-state index contributed by atoms with van der Waals surface area (Å²) >= 11 is 1.86. The number of carboxylic acid groups (broad SMARTS) is 1. The third kappa shape index (κ3) is 2.01. The number of carboxylic acids is 1. The molecule has 4 nitrogen and oxygen atoms in total. The van der Waals surface area contributed by atoms with Crippen LogP contribution in [0.5, 0.6) is 0 Å². The zero-order valence-electron chi connectivity index (χ0n) is 9.64. The van der Waals surface area contributed by atoms with Gasteiger partial charge in [0.15, 0.2) is 0 Å². The second-order valence-electron chi connectivity index (χ2n) is 4.25. The molecule has 92 valence electrons. The van der Waals surface area contributed by atoms with Gasteiger partial charge in [0.2, 0.25) is 0 Å². The molecule has 2 N–H and O–H groups in total. The van der Waals surface area contributed by atoms with Crippen LogP contribution in [0.2, 0.25) is 0 Å². The molecular formula is C13H12N2O2S. The highest BCUT2D eigenvalue weighted by Gasteiger charge is 2.13. The van der Waals surface area contributed by atoms with Crippen molar-refractivity contribution >= 4 is 17.7 Å². The first-order valence-corrected chi connectivity index (χ1v) is 6.77. The molecule has 1 aromatic carbocycles. The van der Waals surface area contributed by atoms with Crippen LogP contribution in [0, 0.1) is 0 Å². The van der Waals surface area contributed by atoms with E-state index in [2.05, 4.69) is 22.3 Å². The quantitative estimate of drug-likeness (QED) is 0.871. The van der Waals surface area contributed by atoms with Crippen molar-refractivity contribution in [2.45, 2.75) is 17.7 Å². The fraction of sp³-hybridized carbons (Fsp3) is 0.231. The van der Waals surface area contributed by atoms with Crippen LogP contribution in [0.4, 0.5) is 0 Å². The van der Waals surface area contributed by atoms with Gasteiger partial charge in [0.05, 0.1) is 5.69 Å². The number of benzene rings is 1. The van der Waals surface area contributed by atoms with Crippen molar-refractivity contribution in [1.82, 2.24) is 10.2 Å². The first-order valence-electron chi connectivity index (χ1n) is 5.79. The van der Waals surface area contributed by atoms with Crippen molar-refractivity contribution in [1.29, 1.82) is 0 Å². The Labute approximate surface area is 108 Å². The van der Waals surface area contributed by atoms with Crippen LogP contribution >= 0.6 is 11.8 Å². The number of aromatic nitrogens is 2. The summed E-state index contributed by atoms with van der Waals surface area (Å²) in [6.07, 6.45) is 2.35. The van der Waals surface area contributed by atoms with E-state index in [0.717, 1.165) is 17.7 Å². The van der Waals surface area contributed by atoms with Crippen molar-refractivity contribution in [3.05, 3.63) is 35.5 Å². The molecule has 2 aromatic rings. The highest BCUT2D eigenvalue weighted by molar-refractivity contribution is 7.99. The smallest absolute Gasteiger partial charge is 0.353 e. The molecule has 0 bridgehead atoms. The molecule has 0 atom stereocenters. The lowest BCUT2D eigenvalue weighted by Gasteiger charge is -2.15. The Morgan fingerprint density at radius 1 is 1.39 bits per heavy atom. The number of hydrogen-bond donors (Lipinski definition) is 2. The number of thioether (sulfide) groups is 1. The molecule has 3 rings (SSSR count). The molecular weight excluding hydrogens is 248 g/mol. The number of aromatic carboxylic acids is 1. The van der Waals surface area contributed by atoms with Crippen LogP contribution in [0.25, 0.3) is 11.3 Å². The standard InChI is InChI=1S/C13H12N2O2S/c16-13(17)11-7-10(14-15-11)9-4-3-8-2-1-5-18-12(8)6-9/h3-4,6-7H,1-2,5H2,(H,14,15)(H,16,17). The van der Waals surface area contributed by atoms with E-state index in [1.807, 2.05) is 17.8 Å². The van der Waals surface area contributed by atoms with Crippen LogP contribution in [0.1, 0.15) is 22.5 Å². The molecule has 0 amide bonds. The van der Waals surface area contributed by atoms with Crippen molar-refractivity contribution in [3.8, 4) is 11.3 Å². The fourth-order valence-corrected chi connectivity index (χ4v) is 3.15. The van der Waals surface area contributed by atoms with E-state index in [9.17, 15) is 4.79 Å². The molecule has 0 spiro atoms. The zero-order chi connectivity index (χ0) is 12.5. The molecule has 18 heavy (non-hydrogen) atoms. The van der Waals surface area contributed by atoms with E-state index in [-0.39, 0.29) is 5.69 Å². The van der Waals surface area contributed by atoms with E-state index < -0.39 is 5.97 Å². The topological polar surface area (TPSA) is 66.0 Å². The van der Waals surface area contributed by atoms with E-state index >= 15 is 0 Å². The predicted octanol–water partition coefficient (Wildman–Crippen LogP) is 2.81. The van der Waals surface area contributed by atoms with Crippen LogP contribution in [0.15, 0.2) is 29.2 Å². The van der Waals surface area contributed by atoms with Gasteiger partial charge in [0.25, 0.3) is 0 Å². The highest BCUT2D eigenvalue weighted by Crippen LogP contribution is 2.33. The van der Waals surface area contributed by atoms with E-state index in [1.54, 1.807) is 6.07 Å². The van der Waals surface area contributed by atoms with Crippen LogP contribution in [-0.4, -0.2) is 27.0 Å². The number of aryl methyl sites for hydroxylation is 1. The minimum absolute atomic E-state index is 0.121. The number of hydrogen-bond acceptors (Lipinski definition) is 3. The van der Waals surface area contributed by atoms with Gasteiger partial charge in [-0.25, -0.2) is 4.79 Å². The molecule has 0 saturated carbocycles. The first kappa shape index (κ1) is 11.3. The van der Waals surface area contributed by atoms with Gasteiger partial charge in [-0.15, -0.1) is 11.8 Å². The average molecular weight is 260 g/mol.